The quantitative estimate of drug-likeness (QED) is 0.869. The van der Waals surface area contributed by atoms with E-state index in [1.807, 2.05) is 0 Å². The predicted molar refractivity (Wildman–Crippen MR) is 68.7 cm³/mol. The summed E-state index contributed by atoms with van der Waals surface area (Å²) < 4.78 is 0. The molecule has 0 aliphatic heterocycles. The molecule has 1 fully saturated rings. The molecule has 17 heavy (non-hydrogen) atoms. The summed E-state index contributed by atoms with van der Waals surface area (Å²) in [5.74, 6) is -0.904. The third-order valence-electron chi connectivity index (χ3n) is 3.52. The van der Waals surface area contributed by atoms with Gasteiger partial charge >= 0.3 is 5.97 Å². The minimum atomic E-state index is -0.904. The Kier molecular flexibility index (Phi) is 3.38. The topological polar surface area (TPSA) is 62.2 Å². The zero-order valence-corrected chi connectivity index (χ0v) is 11.0. The molecule has 94 valence electrons. The lowest BCUT2D eigenvalue weighted by molar-refractivity contribution is 0.0702. The number of carboxylic acid groups (broad SMARTS) is 1. The molecule has 2 N–H and O–H groups in total. The van der Waals surface area contributed by atoms with Gasteiger partial charge < -0.3 is 10.4 Å². The van der Waals surface area contributed by atoms with Crippen molar-refractivity contribution >= 4 is 22.4 Å². The molecular formula is C12H18N2O2S. The lowest BCUT2D eigenvalue weighted by Crippen LogP contribution is -2.38. The van der Waals surface area contributed by atoms with Gasteiger partial charge in [-0.25, -0.2) is 9.78 Å². The van der Waals surface area contributed by atoms with Crippen LogP contribution in [0.5, 0.6) is 0 Å². The summed E-state index contributed by atoms with van der Waals surface area (Å²) in [6.07, 6.45) is 6.28. The minimum Gasteiger partial charge on any atom is -0.477 e. The van der Waals surface area contributed by atoms with Crippen LogP contribution >= 0.6 is 11.3 Å². The first-order chi connectivity index (χ1) is 7.99. The van der Waals surface area contributed by atoms with Crippen LogP contribution < -0.4 is 5.32 Å². The predicted octanol–water partition coefficient (Wildman–Crippen LogP) is 3.22. The smallest absolute Gasteiger partial charge is 0.347 e. The number of rotatable bonds is 3. The van der Waals surface area contributed by atoms with Gasteiger partial charge in [-0.3, -0.25) is 0 Å². The van der Waals surface area contributed by atoms with Crippen LogP contribution in [0.25, 0.3) is 0 Å². The Morgan fingerprint density at radius 3 is 2.94 bits per heavy atom. The molecular weight excluding hydrogens is 236 g/mol. The summed E-state index contributed by atoms with van der Waals surface area (Å²) in [7, 11) is 0. The van der Waals surface area contributed by atoms with Gasteiger partial charge in [-0.15, -0.1) is 0 Å². The van der Waals surface area contributed by atoms with Crippen molar-refractivity contribution in [2.24, 2.45) is 5.41 Å². The summed E-state index contributed by atoms with van der Waals surface area (Å²) in [6, 6.07) is 0.393. The first kappa shape index (κ1) is 12.4. The average Bonchev–Trinajstić information content (AvgIpc) is 2.70. The molecule has 1 aliphatic rings. The van der Waals surface area contributed by atoms with Crippen molar-refractivity contribution in [1.82, 2.24) is 4.98 Å². The van der Waals surface area contributed by atoms with Gasteiger partial charge in [-0.05, 0) is 18.3 Å². The second-order valence-corrected chi connectivity index (χ2v) is 6.30. The van der Waals surface area contributed by atoms with Gasteiger partial charge in [0.2, 0.25) is 0 Å². The van der Waals surface area contributed by atoms with Gasteiger partial charge in [-0.2, -0.15) is 0 Å². The van der Waals surface area contributed by atoms with Crippen molar-refractivity contribution < 1.29 is 9.90 Å². The molecule has 1 aromatic rings. The standard InChI is InChI=1S/C12H18N2O2S/c1-12(2)6-4-3-5-9(12)14-11-13-7-8(17-11)10(15)16/h7,9H,3-6H2,1-2H3,(H,13,14)(H,15,16). The van der Waals surface area contributed by atoms with Crippen molar-refractivity contribution in [3.63, 3.8) is 0 Å². The Hall–Kier alpha value is -1.10. The first-order valence-electron chi connectivity index (χ1n) is 5.95. The highest BCUT2D eigenvalue weighted by atomic mass is 32.1. The van der Waals surface area contributed by atoms with Crippen LogP contribution in [0, 0.1) is 5.41 Å². The maximum atomic E-state index is 10.8. The number of nitrogens with zero attached hydrogens (tertiary/aromatic N) is 1. The molecule has 0 bridgehead atoms. The van der Waals surface area contributed by atoms with Crippen LogP contribution in [0.1, 0.15) is 49.2 Å². The van der Waals surface area contributed by atoms with Crippen molar-refractivity contribution in [2.75, 3.05) is 5.32 Å². The molecule has 1 heterocycles. The van der Waals surface area contributed by atoms with E-state index in [1.54, 1.807) is 0 Å². The highest BCUT2D eigenvalue weighted by Gasteiger charge is 2.32. The van der Waals surface area contributed by atoms with Crippen LogP contribution in [0.3, 0.4) is 0 Å². The minimum absolute atomic E-state index is 0.257. The maximum absolute atomic E-state index is 10.8. The molecule has 1 unspecified atom stereocenters. The zero-order valence-electron chi connectivity index (χ0n) is 10.2. The summed E-state index contributed by atoms with van der Waals surface area (Å²) in [5, 5.41) is 13.0. The van der Waals surface area contributed by atoms with Gasteiger partial charge in [0.25, 0.3) is 0 Å². The Labute approximate surface area is 105 Å². The normalized spacial score (nSPS) is 23.3. The van der Waals surface area contributed by atoms with E-state index in [0.29, 0.717) is 10.9 Å². The summed E-state index contributed by atoms with van der Waals surface area (Å²) in [5.41, 5.74) is 0.257. The van der Waals surface area contributed by atoms with E-state index in [1.165, 1.54) is 36.8 Å². The van der Waals surface area contributed by atoms with Crippen LogP contribution in [-0.4, -0.2) is 22.1 Å². The molecule has 2 rings (SSSR count). The molecule has 0 saturated heterocycles. The van der Waals surface area contributed by atoms with Crippen molar-refractivity contribution in [3.05, 3.63) is 11.1 Å². The van der Waals surface area contributed by atoms with E-state index in [4.69, 9.17) is 5.11 Å². The summed E-state index contributed by atoms with van der Waals surface area (Å²) >= 11 is 1.21. The summed E-state index contributed by atoms with van der Waals surface area (Å²) in [6.45, 7) is 4.52. The number of thiazole rings is 1. The zero-order chi connectivity index (χ0) is 12.5. The Bertz CT molecular complexity index is 414. The second-order valence-electron chi connectivity index (χ2n) is 5.27. The molecule has 1 aromatic heterocycles. The fourth-order valence-electron chi connectivity index (χ4n) is 2.35. The number of nitrogens with one attached hydrogen (secondary N) is 1. The van der Waals surface area contributed by atoms with Crippen LogP contribution in [0.4, 0.5) is 5.13 Å². The molecule has 0 radical (unpaired) electrons. The number of carbonyl (C=O) groups is 1. The molecule has 5 heteroatoms. The first-order valence-corrected chi connectivity index (χ1v) is 6.76. The Balaban J connectivity index is 2.06. The van der Waals surface area contributed by atoms with E-state index in [2.05, 4.69) is 24.1 Å². The highest BCUT2D eigenvalue weighted by molar-refractivity contribution is 7.17. The number of anilines is 1. The van der Waals surface area contributed by atoms with Gasteiger partial charge in [-0.1, -0.05) is 38.0 Å². The Morgan fingerprint density at radius 2 is 2.35 bits per heavy atom. The third kappa shape index (κ3) is 2.77. The highest BCUT2D eigenvalue weighted by Crippen LogP contribution is 2.37. The average molecular weight is 254 g/mol. The molecule has 1 atom stereocenters. The molecule has 0 aromatic carbocycles. The molecule has 0 spiro atoms. The number of hydrogen-bond acceptors (Lipinski definition) is 4. The fourth-order valence-corrected chi connectivity index (χ4v) is 3.06. The number of aromatic nitrogens is 1. The summed E-state index contributed by atoms with van der Waals surface area (Å²) in [4.78, 5) is 15.2. The monoisotopic (exact) mass is 254 g/mol. The second kappa shape index (κ2) is 4.64. The molecule has 1 aliphatic carbocycles. The SMILES string of the molecule is CC1(C)CCCCC1Nc1ncc(C(=O)O)s1. The van der Waals surface area contributed by atoms with Crippen LogP contribution in [-0.2, 0) is 0 Å². The van der Waals surface area contributed by atoms with E-state index in [-0.39, 0.29) is 5.41 Å². The van der Waals surface area contributed by atoms with Crippen molar-refractivity contribution in [3.8, 4) is 0 Å². The van der Waals surface area contributed by atoms with E-state index in [0.717, 1.165) is 11.6 Å². The van der Waals surface area contributed by atoms with Crippen molar-refractivity contribution in [2.45, 2.75) is 45.6 Å². The number of carboxylic acids is 1. The van der Waals surface area contributed by atoms with Crippen LogP contribution in [0.2, 0.25) is 0 Å². The van der Waals surface area contributed by atoms with E-state index in [9.17, 15) is 4.79 Å². The lowest BCUT2D eigenvalue weighted by Gasteiger charge is -2.38. The van der Waals surface area contributed by atoms with Gasteiger partial charge in [0, 0.05) is 6.04 Å². The van der Waals surface area contributed by atoms with Gasteiger partial charge in [0.1, 0.15) is 4.88 Å². The molecule has 0 amide bonds. The fraction of sp³-hybridized carbons (Fsp3) is 0.667. The lowest BCUT2D eigenvalue weighted by atomic mass is 9.73. The third-order valence-corrected chi connectivity index (χ3v) is 4.44. The van der Waals surface area contributed by atoms with Crippen LogP contribution in [0.15, 0.2) is 6.20 Å². The van der Waals surface area contributed by atoms with Crippen molar-refractivity contribution in [1.29, 1.82) is 0 Å². The van der Waals surface area contributed by atoms with Gasteiger partial charge in [0.05, 0.1) is 6.20 Å². The largest absolute Gasteiger partial charge is 0.477 e. The molecule has 1 saturated carbocycles. The van der Waals surface area contributed by atoms with Gasteiger partial charge in [0.15, 0.2) is 5.13 Å². The van der Waals surface area contributed by atoms with E-state index < -0.39 is 5.97 Å². The molecule has 4 nitrogen and oxygen atoms in total. The number of hydrogen-bond donors (Lipinski definition) is 2. The number of aromatic carboxylic acids is 1. The maximum Gasteiger partial charge on any atom is 0.347 e. The Morgan fingerprint density at radius 1 is 1.59 bits per heavy atom. The van der Waals surface area contributed by atoms with E-state index >= 15 is 0 Å².